The second-order valence-corrected chi connectivity index (χ2v) is 13.2. The molecule has 2 saturated heterocycles. The van der Waals surface area contributed by atoms with E-state index < -0.39 is 62.6 Å². The van der Waals surface area contributed by atoms with E-state index in [9.17, 15) is 35.2 Å². The normalized spacial score (nSPS) is 25.7. The quantitative estimate of drug-likeness (QED) is 0.543. The number of carbonyl (C=O) groups is 1. The molecule has 0 spiro atoms. The van der Waals surface area contributed by atoms with Crippen LogP contribution in [0.25, 0.3) is 0 Å². The van der Waals surface area contributed by atoms with Crippen molar-refractivity contribution in [3.8, 4) is 0 Å². The van der Waals surface area contributed by atoms with Crippen molar-refractivity contribution >= 4 is 21.4 Å². The largest absolute Gasteiger partial charge is 0.417 e. The van der Waals surface area contributed by atoms with Crippen LogP contribution in [0.1, 0.15) is 45.6 Å². The molecule has 0 radical (unpaired) electrons. The predicted octanol–water partition coefficient (Wildman–Crippen LogP) is 4.05. The zero-order chi connectivity index (χ0) is 26.7. The van der Waals surface area contributed by atoms with Gasteiger partial charge in [0.15, 0.2) is 9.84 Å². The molecule has 2 atom stereocenters. The van der Waals surface area contributed by atoms with Gasteiger partial charge in [-0.1, -0.05) is 0 Å². The summed E-state index contributed by atoms with van der Waals surface area (Å²) in [7, 11) is -4.40. The fourth-order valence-corrected chi connectivity index (χ4v) is 7.40. The number of amides is 1. The number of anilines is 1. The first kappa shape index (κ1) is 27.1. The number of benzene rings is 1. The molecule has 2 heterocycles. The molecule has 202 valence electrons. The summed E-state index contributed by atoms with van der Waals surface area (Å²) in [4.78, 5) is 16.7. The maximum atomic E-state index is 14.0. The highest BCUT2D eigenvalue weighted by Gasteiger charge is 2.50. The molecule has 2 aliphatic heterocycles. The second kappa shape index (κ2) is 9.11. The van der Waals surface area contributed by atoms with Gasteiger partial charge in [0.1, 0.15) is 0 Å². The van der Waals surface area contributed by atoms with Crippen molar-refractivity contribution in [3.05, 3.63) is 23.8 Å². The Labute approximate surface area is 208 Å². The van der Waals surface area contributed by atoms with Crippen LogP contribution < -0.4 is 4.90 Å². The minimum Gasteiger partial charge on any atom is -0.369 e. The number of nitrogens with zero attached hydrogens (tertiary/aromatic N) is 3. The third-order valence-corrected chi connectivity index (χ3v) is 9.77. The van der Waals surface area contributed by atoms with E-state index in [4.69, 9.17) is 0 Å². The molecular weight excluding hydrogens is 505 g/mol. The van der Waals surface area contributed by atoms with Crippen molar-refractivity contribution in [1.29, 1.82) is 0 Å². The van der Waals surface area contributed by atoms with E-state index in [1.54, 1.807) is 0 Å². The Balaban J connectivity index is 1.52. The van der Waals surface area contributed by atoms with Crippen molar-refractivity contribution in [2.75, 3.05) is 44.2 Å². The Kier molecular flexibility index (Phi) is 6.86. The van der Waals surface area contributed by atoms with Gasteiger partial charge < -0.3 is 9.80 Å². The van der Waals surface area contributed by atoms with Gasteiger partial charge in [-0.3, -0.25) is 9.69 Å². The molecular formula is C24H32F5N3O3S. The smallest absolute Gasteiger partial charge is 0.369 e. The predicted molar refractivity (Wildman–Crippen MR) is 125 cm³/mol. The van der Waals surface area contributed by atoms with E-state index in [-0.39, 0.29) is 24.8 Å². The summed E-state index contributed by atoms with van der Waals surface area (Å²) in [5.74, 6) is -4.28. The Morgan fingerprint density at radius 3 is 2.14 bits per heavy atom. The van der Waals surface area contributed by atoms with Gasteiger partial charge in [-0.2, -0.15) is 13.2 Å². The molecule has 0 N–H and O–H groups in total. The van der Waals surface area contributed by atoms with Crippen molar-refractivity contribution in [2.45, 2.75) is 67.8 Å². The van der Waals surface area contributed by atoms with Crippen LogP contribution in [0.15, 0.2) is 23.1 Å². The minimum atomic E-state index is -4.89. The van der Waals surface area contributed by atoms with Gasteiger partial charge in [-0.25, -0.2) is 17.2 Å². The summed E-state index contributed by atoms with van der Waals surface area (Å²) >= 11 is 0. The van der Waals surface area contributed by atoms with Gasteiger partial charge in [0.05, 0.1) is 28.8 Å². The number of hydrogen-bond acceptors (Lipinski definition) is 5. The van der Waals surface area contributed by atoms with E-state index in [0.29, 0.717) is 31.9 Å². The first-order chi connectivity index (χ1) is 16.5. The summed E-state index contributed by atoms with van der Waals surface area (Å²) in [6.45, 7) is 7.19. The average Bonchev–Trinajstić information content (AvgIpc) is 3.27. The van der Waals surface area contributed by atoms with Gasteiger partial charge >= 0.3 is 6.18 Å². The Hall–Kier alpha value is -1.95. The maximum absolute atomic E-state index is 14.0. The maximum Gasteiger partial charge on any atom is 0.417 e. The van der Waals surface area contributed by atoms with E-state index in [1.165, 1.54) is 6.07 Å². The zero-order valence-electron chi connectivity index (χ0n) is 20.6. The van der Waals surface area contributed by atoms with Gasteiger partial charge in [0.25, 0.3) is 5.92 Å². The van der Waals surface area contributed by atoms with Crippen LogP contribution in [-0.4, -0.2) is 80.1 Å². The lowest BCUT2D eigenvalue weighted by Gasteiger charge is -2.43. The van der Waals surface area contributed by atoms with Crippen LogP contribution in [0.2, 0.25) is 0 Å². The summed E-state index contributed by atoms with van der Waals surface area (Å²) in [6, 6.07) is 3.34. The third-order valence-electron chi connectivity index (χ3n) is 7.50. The molecule has 6 nitrogen and oxygen atoms in total. The average molecular weight is 538 g/mol. The summed E-state index contributed by atoms with van der Waals surface area (Å²) < 4.78 is 95.0. The summed E-state index contributed by atoms with van der Waals surface area (Å²) in [5.41, 5.74) is -0.957. The number of rotatable bonds is 4. The third kappa shape index (κ3) is 5.34. The standard InChI is InChI=1S/C24H32F5N3O3S/c1-22(2,3)32-10-8-30(9-11-32)17-5-7-20(19(13-17)24(27,28)29)36(34,35)18-6-4-16(12-18)21(33)31-14-23(25,26)15-31/h5,7,13,16,18H,4,6,8-12,14-15H2,1-3H3/t16-,18-/m1/s1. The molecule has 4 rings (SSSR count). The molecule has 3 aliphatic rings. The lowest BCUT2D eigenvalue weighted by atomic mass is 10.0. The highest BCUT2D eigenvalue weighted by Crippen LogP contribution is 2.42. The van der Waals surface area contributed by atoms with Crippen molar-refractivity contribution in [2.24, 2.45) is 5.92 Å². The minimum absolute atomic E-state index is 0.0107. The van der Waals surface area contributed by atoms with Crippen molar-refractivity contribution in [1.82, 2.24) is 9.80 Å². The van der Waals surface area contributed by atoms with Gasteiger partial charge in [0, 0.05) is 43.3 Å². The van der Waals surface area contributed by atoms with E-state index in [2.05, 4.69) is 25.7 Å². The van der Waals surface area contributed by atoms with Crippen LogP contribution in [0.3, 0.4) is 0 Å². The molecule has 3 fully saturated rings. The second-order valence-electron chi connectivity index (χ2n) is 11.1. The fraction of sp³-hybridized carbons (Fsp3) is 0.708. The fourth-order valence-electron chi connectivity index (χ4n) is 5.37. The number of piperazine rings is 1. The lowest BCUT2D eigenvalue weighted by Crippen LogP contribution is -2.59. The van der Waals surface area contributed by atoms with Crippen LogP contribution in [-0.2, 0) is 20.8 Å². The Morgan fingerprint density at radius 1 is 1.00 bits per heavy atom. The van der Waals surface area contributed by atoms with Gasteiger partial charge in [-0.05, 0) is 58.2 Å². The van der Waals surface area contributed by atoms with Gasteiger partial charge in [0.2, 0.25) is 5.91 Å². The zero-order valence-corrected chi connectivity index (χ0v) is 21.4. The van der Waals surface area contributed by atoms with Crippen LogP contribution in [0.4, 0.5) is 27.6 Å². The topological polar surface area (TPSA) is 60.9 Å². The molecule has 12 heteroatoms. The van der Waals surface area contributed by atoms with Crippen LogP contribution in [0.5, 0.6) is 0 Å². The first-order valence-corrected chi connectivity index (χ1v) is 13.7. The first-order valence-electron chi connectivity index (χ1n) is 12.1. The molecule has 0 aromatic heterocycles. The number of sulfone groups is 1. The van der Waals surface area contributed by atoms with Crippen LogP contribution >= 0.6 is 0 Å². The SMILES string of the molecule is CC(C)(C)N1CCN(c2ccc(S(=O)(=O)[C@@H]3CC[C@@H](C(=O)N4CC(F)(F)C4)C3)c(C(F)(F)F)c2)CC1. The molecule has 0 unspecified atom stereocenters. The van der Waals surface area contributed by atoms with Crippen LogP contribution in [0, 0.1) is 5.92 Å². The molecule has 1 aromatic rings. The summed E-state index contributed by atoms with van der Waals surface area (Å²) in [6.07, 6.45) is -4.90. The highest BCUT2D eigenvalue weighted by molar-refractivity contribution is 7.92. The van der Waals surface area contributed by atoms with E-state index >= 15 is 0 Å². The Morgan fingerprint density at radius 2 is 1.61 bits per heavy atom. The van der Waals surface area contributed by atoms with E-state index in [1.807, 2.05) is 4.90 Å². The molecule has 1 saturated carbocycles. The lowest BCUT2D eigenvalue weighted by molar-refractivity contribution is -0.169. The highest BCUT2D eigenvalue weighted by atomic mass is 32.2. The van der Waals surface area contributed by atoms with Crippen molar-refractivity contribution in [3.63, 3.8) is 0 Å². The number of likely N-dealkylation sites (tertiary alicyclic amines) is 1. The molecule has 1 aromatic carbocycles. The van der Waals surface area contributed by atoms with E-state index in [0.717, 1.165) is 17.0 Å². The number of alkyl halides is 5. The van der Waals surface area contributed by atoms with Crippen molar-refractivity contribution < 1.29 is 35.2 Å². The molecule has 0 bridgehead atoms. The molecule has 1 amide bonds. The number of carbonyl (C=O) groups excluding carboxylic acids is 1. The van der Waals surface area contributed by atoms with Gasteiger partial charge in [-0.15, -0.1) is 0 Å². The summed E-state index contributed by atoms with van der Waals surface area (Å²) in [5, 5.41) is -1.17. The molecule has 1 aliphatic carbocycles. The number of halogens is 5. The number of hydrogen-bond donors (Lipinski definition) is 0. The Bertz CT molecular complexity index is 1100. The monoisotopic (exact) mass is 537 g/mol. The molecule has 36 heavy (non-hydrogen) atoms.